The molecule has 0 saturated carbocycles. The van der Waals surface area contributed by atoms with Crippen molar-refractivity contribution >= 4 is 33.4 Å². The van der Waals surface area contributed by atoms with Crippen LogP contribution in [0.5, 0.6) is 0 Å². The molecule has 0 aliphatic rings. The molecule has 0 aliphatic carbocycles. The molecule has 0 unspecified atom stereocenters. The lowest BCUT2D eigenvalue weighted by Gasteiger charge is -2.19. The molecule has 1 aromatic heterocycles. The number of rotatable bonds is 2. The molecule has 0 aromatic carbocycles. The fraction of sp³-hybridized carbons (Fsp3) is 0.400. The Morgan fingerprint density at radius 1 is 1.50 bits per heavy atom. The molecule has 18 heavy (non-hydrogen) atoms. The van der Waals surface area contributed by atoms with E-state index in [1.54, 1.807) is 20.8 Å². The van der Waals surface area contributed by atoms with Gasteiger partial charge < -0.3 is 4.74 Å². The minimum Gasteiger partial charge on any atom is -0.444 e. The summed E-state index contributed by atoms with van der Waals surface area (Å²) in [5, 5.41) is 13.1. The van der Waals surface area contributed by atoms with Gasteiger partial charge in [-0.15, -0.1) is 0 Å². The highest BCUT2D eigenvalue weighted by atomic mass is 79.9. The standard InChI is InChI=1S/C10H12BrN3O4/c1-10(2,3)18-9(15)13-8-6(11)4-12-5-7(8)14(16)17/h4-5H,1-3H3,(H,12,13,15). The number of nitro groups is 1. The van der Waals surface area contributed by atoms with Crippen LogP contribution in [0.15, 0.2) is 16.9 Å². The van der Waals surface area contributed by atoms with Crippen molar-refractivity contribution in [3.63, 3.8) is 0 Å². The Morgan fingerprint density at radius 3 is 2.61 bits per heavy atom. The number of anilines is 1. The summed E-state index contributed by atoms with van der Waals surface area (Å²) in [5.41, 5.74) is -0.974. The van der Waals surface area contributed by atoms with E-state index in [1.807, 2.05) is 0 Å². The molecule has 1 aromatic rings. The zero-order chi connectivity index (χ0) is 13.9. The van der Waals surface area contributed by atoms with Crippen LogP contribution in [0.1, 0.15) is 20.8 Å². The number of nitrogens with zero attached hydrogens (tertiary/aromatic N) is 2. The zero-order valence-corrected chi connectivity index (χ0v) is 11.6. The lowest BCUT2D eigenvalue weighted by Crippen LogP contribution is -2.27. The van der Waals surface area contributed by atoms with Crippen LogP contribution in [0.25, 0.3) is 0 Å². The van der Waals surface area contributed by atoms with Crippen molar-refractivity contribution in [1.82, 2.24) is 4.98 Å². The van der Waals surface area contributed by atoms with Gasteiger partial charge >= 0.3 is 11.8 Å². The van der Waals surface area contributed by atoms with Gasteiger partial charge in [-0.3, -0.25) is 20.4 Å². The Bertz CT molecular complexity index is 485. The Hall–Kier alpha value is -1.70. The Balaban J connectivity index is 2.97. The SMILES string of the molecule is CC(C)(C)OC(=O)Nc1c(Br)cncc1[N+](=O)[O-]. The summed E-state index contributed by atoms with van der Waals surface area (Å²) in [7, 11) is 0. The van der Waals surface area contributed by atoms with E-state index < -0.39 is 16.6 Å². The molecule has 0 aliphatic heterocycles. The van der Waals surface area contributed by atoms with Crippen LogP contribution in [-0.4, -0.2) is 21.6 Å². The molecule has 0 atom stereocenters. The van der Waals surface area contributed by atoms with Crippen molar-refractivity contribution in [1.29, 1.82) is 0 Å². The Labute approximate surface area is 112 Å². The van der Waals surface area contributed by atoms with E-state index in [0.29, 0.717) is 4.47 Å². The van der Waals surface area contributed by atoms with Gasteiger partial charge in [0.2, 0.25) is 0 Å². The summed E-state index contributed by atoms with van der Waals surface area (Å²) < 4.78 is 5.33. The number of pyridine rings is 1. The molecule has 7 nitrogen and oxygen atoms in total. The number of halogens is 1. The fourth-order valence-corrected chi connectivity index (χ4v) is 1.51. The predicted octanol–water partition coefficient (Wildman–Crippen LogP) is 3.10. The molecule has 0 radical (unpaired) electrons. The van der Waals surface area contributed by atoms with E-state index in [4.69, 9.17) is 4.74 Å². The molecule has 98 valence electrons. The van der Waals surface area contributed by atoms with Gasteiger partial charge in [-0.1, -0.05) is 0 Å². The number of hydrogen-bond donors (Lipinski definition) is 1. The number of ether oxygens (including phenoxy) is 1. The topological polar surface area (TPSA) is 94.4 Å². The fourth-order valence-electron chi connectivity index (χ4n) is 1.09. The minimum absolute atomic E-state index is 0.0178. The number of nitrogens with one attached hydrogen (secondary N) is 1. The Kier molecular flexibility index (Phi) is 4.23. The molecule has 0 fully saturated rings. The quantitative estimate of drug-likeness (QED) is 0.668. The number of amides is 1. The molecule has 0 bridgehead atoms. The summed E-state index contributed by atoms with van der Waals surface area (Å²) in [4.78, 5) is 25.4. The van der Waals surface area contributed by atoms with E-state index in [2.05, 4.69) is 26.2 Å². The van der Waals surface area contributed by atoms with Crippen molar-refractivity contribution in [2.24, 2.45) is 0 Å². The van der Waals surface area contributed by atoms with Gasteiger partial charge in [-0.05, 0) is 36.7 Å². The van der Waals surface area contributed by atoms with Gasteiger partial charge in [-0.25, -0.2) is 4.79 Å². The van der Waals surface area contributed by atoms with E-state index in [-0.39, 0.29) is 11.4 Å². The minimum atomic E-state index is -0.766. The maximum atomic E-state index is 11.6. The molecule has 0 saturated heterocycles. The molecular weight excluding hydrogens is 306 g/mol. The van der Waals surface area contributed by atoms with E-state index in [1.165, 1.54) is 6.20 Å². The van der Waals surface area contributed by atoms with E-state index >= 15 is 0 Å². The van der Waals surface area contributed by atoms with Gasteiger partial charge in [-0.2, -0.15) is 0 Å². The molecular formula is C10H12BrN3O4. The van der Waals surface area contributed by atoms with Crippen LogP contribution in [0, 0.1) is 10.1 Å². The number of carbonyl (C=O) groups is 1. The number of carbonyl (C=O) groups excluding carboxylic acids is 1. The molecule has 1 amide bonds. The second-order valence-corrected chi connectivity index (χ2v) is 5.25. The highest BCUT2D eigenvalue weighted by molar-refractivity contribution is 9.10. The van der Waals surface area contributed by atoms with E-state index in [9.17, 15) is 14.9 Å². The maximum absolute atomic E-state index is 11.6. The van der Waals surface area contributed by atoms with Crippen molar-refractivity contribution < 1.29 is 14.5 Å². The van der Waals surface area contributed by atoms with Crippen LogP contribution in [0.3, 0.4) is 0 Å². The Morgan fingerprint density at radius 2 is 2.11 bits per heavy atom. The zero-order valence-electron chi connectivity index (χ0n) is 10.1. The predicted molar refractivity (Wildman–Crippen MR) is 68.4 cm³/mol. The van der Waals surface area contributed by atoms with Crippen LogP contribution < -0.4 is 5.32 Å². The first-order valence-corrected chi connectivity index (χ1v) is 5.78. The first kappa shape index (κ1) is 14.4. The lowest BCUT2D eigenvalue weighted by atomic mass is 10.2. The summed E-state index contributed by atoms with van der Waals surface area (Å²) in [5.74, 6) is 0. The molecule has 0 spiro atoms. The van der Waals surface area contributed by atoms with Crippen molar-refractivity contribution in [3.05, 3.63) is 27.0 Å². The van der Waals surface area contributed by atoms with E-state index in [0.717, 1.165) is 6.20 Å². The first-order valence-electron chi connectivity index (χ1n) is 4.98. The lowest BCUT2D eigenvalue weighted by molar-refractivity contribution is -0.384. The maximum Gasteiger partial charge on any atom is 0.412 e. The number of hydrogen-bond acceptors (Lipinski definition) is 5. The second-order valence-electron chi connectivity index (χ2n) is 4.40. The van der Waals surface area contributed by atoms with Crippen molar-refractivity contribution in [2.45, 2.75) is 26.4 Å². The summed E-state index contributed by atoms with van der Waals surface area (Å²) in [6.07, 6.45) is 1.63. The summed E-state index contributed by atoms with van der Waals surface area (Å²) in [6, 6.07) is 0. The summed E-state index contributed by atoms with van der Waals surface area (Å²) in [6.45, 7) is 5.09. The third kappa shape index (κ3) is 3.95. The number of aromatic nitrogens is 1. The highest BCUT2D eigenvalue weighted by Gasteiger charge is 2.22. The van der Waals surface area contributed by atoms with Crippen LogP contribution in [0.4, 0.5) is 16.2 Å². The van der Waals surface area contributed by atoms with Gasteiger partial charge in [0, 0.05) is 6.20 Å². The normalized spacial score (nSPS) is 10.9. The smallest absolute Gasteiger partial charge is 0.412 e. The van der Waals surface area contributed by atoms with Gasteiger partial charge in [0.05, 0.1) is 9.40 Å². The van der Waals surface area contributed by atoms with Crippen LogP contribution >= 0.6 is 15.9 Å². The van der Waals surface area contributed by atoms with Crippen molar-refractivity contribution in [2.75, 3.05) is 5.32 Å². The van der Waals surface area contributed by atoms with Crippen LogP contribution in [0.2, 0.25) is 0 Å². The molecule has 1 rings (SSSR count). The third-order valence-electron chi connectivity index (χ3n) is 1.70. The van der Waals surface area contributed by atoms with Gasteiger partial charge in [0.15, 0.2) is 0 Å². The average Bonchev–Trinajstić information content (AvgIpc) is 2.17. The third-order valence-corrected chi connectivity index (χ3v) is 2.30. The highest BCUT2D eigenvalue weighted by Crippen LogP contribution is 2.31. The molecule has 8 heteroatoms. The van der Waals surface area contributed by atoms with Gasteiger partial charge in [0.25, 0.3) is 0 Å². The van der Waals surface area contributed by atoms with Crippen LogP contribution in [-0.2, 0) is 4.74 Å². The largest absolute Gasteiger partial charge is 0.444 e. The molecule has 1 heterocycles. The first-order chi connectivity index (χ1) is 8.20. The molecule has 1 N–H and O–H groups in total. The second kappa shape index (κ2) is 5.30. The summed E-state index contributed by atoms with van der Waals surface area (Å²) >= 11 is 3.09. The average molecular weight is 318 g/mol. The monoisotopic (exact) mass is 317 g/mol. The van der Waals surface area contributed by atoms with Gasteiger partial charge in [0.1, 0.15) is 17.5 Å². The van der Waals surface area contributed by atoms with Crippen molar-refractivity contribution in [3.8, 4) is 0 Å².